The van der Waals surface area contributed by atoms with Crippen LogP contribution in [-0.2, 0) is 0 Å². The van der Waals surface area contributed by atoms with E-state index in [1.807, 2.05) is 36.5 Å². The number of rotatable bonds is 2. The van der Waals surface area contributed by atoms with E-state index in [1.165, 1.54) is 0 Å². The second-order valence-electron chi connectivity index (χ2n) is 2.77. The van der Waals surface area contributed by atoms with E-state index < -0.39 is 0 Å². The summed E-state index contributed by atoms with van der Waals surface area (Å²) < 4.78 is 0. The number of alkyl halides is 1. The molecule has 0 amide bonds. The molecule has 2 rings (SSSR count). The molecular formula is C10H10ClNO. The summed E-state index contributed by atoms with van der Waals surface area (Å²) in [6, 6.07) is 7.91. The van der Waals surface area contributed by atoms with Crippen molar-refractivity contribution in [3.63, 3.8) is 0 Å². The van der Waals surface area contributed by atoms with Crippen LogP contribution >= 0.6 is 11.6 Å². The summed E-state index contributed by atoms with van der Waals surface area (Å²) in [7, 11) is 0. The lowest BCUT2D eigenvalue weighted by molar-refractivity contribution is -0.00341. The van der Waals surface area contributed by atoms with Gasteiger partial charge < -0.3 is 4.84 Å². The number of hydroxylamine groups is 2. The summed E-state index contributed by atoms with van der Waals surface area (Å²) in [5, 5.41) is 1.73. The van der Waals surface area contributed by atoms with Crippen molar-refractivity contribution in [2.75, 3.05) is 12.4 Å². The topological polar surface area (TPSA) is 12.5 Å². The largest absolute Gasteiger partial charge is 0.379 e. The fourth-order valence-electron chi connectivity index (χ4n) is 1.23. The summed E-state index contributed by atoms with van der Waals surface area (Å²) >= 11 is 5.61. The maximum Gasteiger partial charge on any atom is 0.162 e. The second-order valence-corrected chi connectivity index (χ2v) is 3.15. The van der Waals surface area contributed by atoms with Crippen LogP contribution in [0.2, 0.25) is 0 Å². The third-order valence-corrected chi connectivity index (χ3v) is 2.03. The molecule has 1 aromatic carbocycles. The maximum absolute atomic E-state index is 5.61. The normalized spacial score (nSPS) is 13.8. The van der Waals surface area contributed by atoms with Crippen molar-refractivity contribution < 1.29 is 4.84 Å². The van der Waals surface area contributed by atoms with Crippen molar-refractivity contribution in [3.05, 3.63) is 36.0 Å². The lowest BCUT2D eigenvalue weighted by Gasteiger charge is -2.24. The fraction of sp³-hybridized carbons (Fsp3) is 0.200. The van der Waals surface area contributed by atoms with Gasteiger partial charge in [-0.15, -0.1) is 11.6 Å². The van der Waals surface area contributed by atoms with Crippen LogP contribution in [0.25, 0.3) is 6.08 Å². The number of nitrogens with zero attached hydrogens (tertiary/aromatic N) is 1. The molecule has 68 valence electrons. The first-order valence-electron chi connectivity index (χ1n) is 4.18. The number of hydrogen-bond donors (Lipinski definition) is 0. The third kappa shape index (κ3) is 1.78. The molecule has 0 fully saturated rings. The summed E-state index contributed by atoms with van der Waals surface area (Å²) in [4.78, 5) is 5.53. The highest BCUT2D eigenvalue weighted by molar-refractivity contribution is 6.18. The van der Waals surface area contributed by atoms with Crippen LogP contribution < -0.4 is 4.84 Å². The highest BCUT2D eigenvalue weighted by Crippen LogP contribution is 2.24. The molecule has 0 unspecified atom stereocenters. The summed E-state index contributed by atoms with van der Waals surface area (Å²) in [5.41, 5.74) is 1.10. The fourth-order valence-corrected chi connectivity index (χ4v) is 1.39. The molecule has 1 heterocycles. The molecule has 0 radical (unpaired) electrons. The van der Waals surface area contributed by atoms with Crippen molar-refractivity contribution in [1.82, 2.24) is 5.06 Å². The molecule has 0 saturated carbocycles. The predicted molar refractivity (Wildman–Crippen MR) is 53.5 cm³/mol. The molecular weight excluding hydrogens is 186 g/mol. The van der Waals surface area contributed by atoms with Crippen molar-refractivity contribution in [3.8, 4) is 5.75 Å². The summed E-state index contributed by atoms with van der Waals surface area (Å²) in [6.07, 6.45) is 3.91. The Morgan fingerprint density at radius 3 is 3.00 bits per heavy atom. The lowest BCUT2D eigenvalue weighted by Crippen LogP contribution is -2.25. The van der Waals surface area contributed by atoms with E-state index in [-0.39, 0.29) is 0 Å². The van der Waals surface area contributed by atoms with Gasteiger partial charge in [0.1, 0.15) is 0 Å². The molecule has 1 aromatic rings. The molecule has 0 aliphatic carbocycles. The van der Waals surface area contributed by atoms with Gasteiger partial charge >= 0.3 is 0 Å². The van der Waals surface area contributed by atoms with Gasteiger partial charge in [-0.1, -0.05) is 18.2 Å². The van der Waals surface area contributed by atoms with E-state index >= 15 is 0 Å². The monoisotopic (exact) mass is 195 g/mol. The Bertz CT molecular complexity index is 324. The van der Waals surface area contributed by atoms with Gasteiger partial charge in [0.05, 0.1) is 6.54 Å². The van der Waals surface area contributed by atoms with E-state index in [0.717, 1.165) is 11.3 Å². The number of fused-ring (bicyclic) bond motifs is 1. The Morgan fingerprint density at radius 2 is 2.15 bits per heavy atom. The summed E-state index contributed by atoms with van der Waals surface area (Å²) in [5.74, 6) is 1.45. The number of para-hydroxylation sites is 1. The zero-order chi connectivity index (χ0) is 9.10. The summed E-state index contributed by atoms with van der Waals surface area (Å²) in [6.45, 7) is 0.701. The SMILES string of the molecule is ClCCN1C=Cc2ccccc2O1. The molecule has 0 aromatic heterocycles. The van der Waals surface area contributed by atoms with Crippen LogP contribution in [0.15, 0.2) is 30.5 Å². The number of hydrogen-bond acceptors (Lipinski definition) is 2. The van der Waals surface area contributed by atoms with Crippen molar-refractivity contribution in [2.24, 2.45) is 0 Å². The molecule has 2 nitrogen and oxygen atoms in total. The molecule has 0 spiro atoms. The standard InChI is InChI=1S/C10H10ClNO/c11-6-8-12-7-5-9-3-1-2-4-10(9)13-12/h1-5,7H,6,8H2. The Balaban J connectivity index is 2.19. The molecule has 3 heteroatoms. The maximum atomic E-state index is 5.61. The van der Waals surface area contributed by atoms with Crippen LogP contribution in [-0.4, -0.2) is 17.5 Å². The first kappa shape index (κ1) is 8.45. The highest BCUT2D eigenvalue weighted by Gasteiger charge is 2.09. The third-order valence-electron chi connectivity index (χ3n) is 1.86. The van der Waals surface area contributed by atoms with Gasteiger partial charge in [0.15, 0.2) is 5.75 Å². The van der Waals surface area contributed by atoms with E-state index in [2.05, 4.69) is 0 Å². The van der Waals surface area contributed by atoms with Crippen molar-refractivity contribution >= 4 is 17.7 Å². The zero-order valence-corrected chi connectivity index (χ0v) is 7.87. The van der Waals surface area contributed by atoms with Crippen LogP contribution in [0.4, 0.5) is 0 Å². The minimum absolute atomic E-state index is 0.562. The van der Waals surface area contributed by atoms with Crippen LogP contribution in [0.3, 0.4) is 0 Å². The van der Waals surface area contributed by atoms with Crippen LogP contribution in [0, 0.1) is 0 Å². The quantitative estimate of drug-likeness (QED) is 0.673. The molecule has 1 aliphatic heterocycles. The smallest absolute Gasteiger partial charge is 0.162 e. The first-order valence-corrected chi connectivity index (χ1v) is 4.71. The predicted octanol–water partition coefficient (Wildman–Crippen LogP) is 2.51. The Labute approximate surface area is 82.3 Å². The Morgan fingerprint density at radius 1 is 1.31 bits per heavy atom. The van der Waals surface area contributed by atoms with Gasteiger partial charge in [-0.2, -0.15) is 0 Å². The van der Waals surface area contributed by atoms with E-state index in [1.54, 1.807) is 5.06 Å². The first-order chi connectivity index (χ1) is 6.40. The molecule has 1 aliphatic rings. The lowest BCUT2D eigenvalue weighted by atomic mass is 10.2. The second kappa shape index (κ2) is 3.71. The average molecular weight is 196 g/mol. The Kier molecular flexibility index (Phi) is 2.41. The van der Waals surface area contributed by atoms with Gasteiger partial charge in [0, 0.05) is 17.6 Å². The number of benzene rings is 1. The van der Waals surface area contributed by atoms with Gasteiger partial charge in [0.25, 0.3) is 0 Å². The zero-order valence-electron chi connectivity index (χ0n) is 7.11. The molecule has 0 atom stereocenters. The van der Waals surface area contributed by atoms with E-state index in [0.29, 0.717) is 12.4 Å². The minimum atomic E-state index is 0.562. The van der Waals surface area contributed by atoms with Gasteiger partial charge in [-0.25, -0.2) is 5.06 Å². The average Bonchev–Trinajstić information content (AvgIpc) is 2.18. The Hall–Kier alpha value is -1.15. The van der Waals surface area contributed by atoms with Crippen LogP contribution in [0.5, 0.6) is 5.75 Å². The number of halogens is 1. The van der Waals surface area contributed by atoms with Crippen molar-refractivity contribution in [2.45, 2.75) is 0 Å². The molecule has 0 N–H and O–H groups in total. The van der Waals surface area contributed by atoms with E-state index in [9.17, 15) is 0 Å². The molecule has 0 bridgehead atoms. The molecule has 13 heavy (non-hydrogen) atoms. The van der Waals surface area contributed by atoms with Gasteiger partial charge in [0.2, 0.25) is 0 Å². The van der Waals surface area contributed by atoms with Gasteiger partial charge in [-0.05, 0) is 12.1 Å². The van der Waals surface area contributed by atoms with Gasteiger partial charge in [-0.3, -0.25) is 0 Å². The van der Waals surface area contributed by atoms with Crippen LogP contribution in [0.1, 0.15) is 5.56 Å². The minimum Gasteiger partial charge on any atom is -0.379 e. The highest BCUT2D eigenvalue weighted by atomic mass is 35.5. The molecule has 0 saturated heterocycles. The van der Waals surface area contributed by atoms with Crippen molar-refractivity contribution in [1.29, 1.82) is 0 Å². The van der Waals surface area contributed by atoms with E-state index in [4.69, 9.17) is 16.4 Å².